The number of nitrogens with one attached hydrogen (secondary N) is 2. The van der Waals surface area contributed by atoms with Gasteiger partial charge < -0.3 is 10.6 Å². The van der Waals surface area contributed by atoms with Crippen molar-refractivity contribution >= 4 is 34.5 Å². The Balaban J connectivity index is 1.51. The molecular formula is C22H20N2O2S. The van der Waals surface area contributed by atoms with Crippen molar-refractivity contribution in [1.82, 2.24) is 0 Å². The minimum atomic E-state index is -0.167. The summed E-state index contributed by atoms with van der Waals surface area (Å²) in [5.74, 6) is -0.333. The zero-order valence-electron chi connectivity index (χ0n) is 14.8. The highest BCUT2D eigenvalue weighted by Gasteiger charge is 2.16. The lowest BCUT2D eigenvalue weighted by Gasteiger charge is -2.19. The van der Waals surface area contributed by atoms with Crippen molar-refractivity contribution in [2.45, 2.75) is 25.7 Å². The number of carbonyl (C=O) groups excluding carboxylic acids is 2. The van der Waals surface area contributed by atoms with Gasteiger partial charge in [-0.15, -0.1) is 11.3 Å². The van der Waals surface area contributed by atoms with E-state index in [2.05, 4.69) is 16.7 Å². The van der Waals surface area contributed by atoms with Crippen LogP contribution in [0.25, 0.3) is 0 Å². The molecule has 0 spiro atoms. The summed E-state index contributed by atoms with van der Waals surface area (Å²) in [6.45, 7) is 0. The quantitative estimate of drug-likeness (QED) is 0.663. The van der Waals surface area contributed by atoms with Crippen molar-refractivity contribution in [3.05, 3.63) is 81.5 Å². The molecule has 0 unspecified atom stereocenters. The maximum absolute atomic E-state index is 12.7. The summed E-state index contributed by atoms with van der Waals surface area (Å²) in [5.41, 5.74) is 4.60. The van der Waals surface area contributed by atoms with Gasteiger partial charge in [0.1, 0.15) is 0 Å². The highest BCUT2D eigenvalue weighted by Crippen LogP contribution is 2.28. The van der Waals surface area contributed by atoms with Gasteiger partial charge in [-0.3, -0.25) is 9.59 Å². The Morgan fingerprint density at radius 2 is 1.70 bits per heavy atom. The van der Waals surface area contributed by atoms with Crippen molar-refractivity contribution in [2.75, 3.05) is 10.6 Å². The van der Waals surface area contributed by atoms with E-state index >= 15 is 0 Å². The number of anilines is 2. The average Bonchev–Trinajstić information content (AvgIpc) is 3.23. The van der Waals surface area contributed by atoms with Crippen LogP contribution in [0.2, 0.25) is 0 Å². The Morgan fingerprint density at radius 1 is 0.852 bits per heavy atom. The van der Waals surface area contributed by atoms with E-state index in [1.54, 1.807) is 30.3 Å². The molecule has 0 fully saturated rings. The van der Waals surface area contributed by atoms with Crippen LogP contribution in [0.15, 0.2) is 60.0 Å². The van der Waals surface area contributed by atoms with Crippen molar-refractivity contribution in [1.29, 1.82) is 0 Å². The molecule has 2 amide bonds. The topological polar surface area (TPSA) is 58.2 Å². The van der Waals surface area contributed by atoms with Gasteiger partial charge in [0.25, 0.3) is 11.8 Å². The zero-order chi connectivity index (χ0) is 18.6. The van der Waals surface area contributed by atoms with Gasteiger partial charge in [-0.2, -0.15) is 0 Å². The monoisotopic (exact) mass is 376 g/mol. The van der Waals surface area contributed by atoms with E-state index in [1.807, 2.05) is 23.6 Å². The second kappa shape index (κ2) is 7.76. The molecule has 1 aromatic heterocycles. The molecule has 1 aliphatic rings. The Morgan fingerprint density at radius 3 is 2.56 bits per heavy atom. The Hall–Kier alpha value is -2.92. The van der Waals surface area contributed by atoms with E-state index in [-0.39, 0.29) is 11.8 Å². The molecule has 4 rings (SSSR count). The van der Waals surface area contributed by atoms with Crippen LogP contribution in [-0.2, 0) is 12.8 Å². The molecule has 1 heterocycles. The van der Waals surface area contributed by atoms with Crippen molar-refractivity contribution in [2.24, 2.45) is 0 Å². The number of aryl methyl sites for hydroxylation is 1. The molecule has 3 aromatic rings. The maximum Gasteiger partial charge on any atom is 0.265 e. The fraction of sp³-hybridized carbons (Fsp3) is 0.182. The Labute approximate surface area is 162 Å². The normalized spacial score (nSPS) is 12.9. The van der Waals surface area contributed by atoms with Crippen LogP contribution >= 0.6 is 11.3 Å². The lowest BCUT2D eigenvalue weighted by Crippen LogP contribution is -2.16. The van der Waals surface area contributed by atoms with Gasteiger partial charge in [-0.25, -0.2) is 0 Å². The van der Waals surface area contributed by atoms with E-state index in [9.17, 15) is 9.59 Å². The molecule has 0 atom stereocenters. The van der Waals surface area contributed by atoms with Gasteiger partial charge in [0.15, 0.2) is 0 Å². The minimum Gasteiger partial charge on any atom is -0.322 e. The number of benzene rings is 2. The minimum absolute atomic E-state index is 0.166. The van der Waals surface area contributed by atoms with E-state index in [0.29, 0.717) is 16.1 Å². The van der Waals surface area contributed by atoms with Gasteiger partial charge in [0, 0.05) is 16.9 Å². The number of amides is 2. The maximum atomic E-state index is 12.7. The SMILES string of the molecule is O=C(Nc1cccc2c1CCCC2)c1cccc(NC(=O)c2cccs2)c1. The molecule has 1 aliphatic carbocycles. The first-order valence-corrected chi connectivity index (χ1v) is 9.96. The molecule has 5 heteroatoms. The van der Waals surface area contributed by atoms with Crippen molar-refractivity contribution in [3.63, 3.8) is 0 Å². The second-order valence-corrected chi connectivity index (χ2v) is 7.56. The van der Waals surface area contributed by atoms with Gasteiger partial charge in [0.2, 0.25) is 0 Å². The molecule has 0 saturated heterocycles. The number of carbonyl (C=O) groups is 2. The van der Waals surface area contributed by atoms with Crippen LogP contribution in [0.5, 0.6) is 0 Å². The van der Waals surface area contributed by atoms with Gasteiger partial charge in [-0.05, 0) is 72.5 Å². The van der Waals surface area contributed by atoms with E-state index < -0.39 is 0 Å². The third kappa shape index (κ3) is 3.93. The van der Waals surface area contributed by atoms with Crippen LogP contribution in [0, 0.1) is 0 Å². The number of rotatable bonds is 4. The molecule has 136 valence electrons. The highest BCUT2D eigenvalue weighted by molar-refractivity contribution is 7.12. The summed E-state index contributed by atoms with van der Waals surface area (Å²) in [7, 11) is 0. The summed E-state index contributed by atoms with van der Waals surface area (Å²) in [6, 6.07) is 16.7. The lowest BCUT2D eigenvalue weighted by atomic mass is 9.90. The molecule has 0 aliphatic heterocycles. The first-order valence-electron chi connectivity index (χ1n) is 9.08. The van der Waals surface area contributed by atoms with Gasteiger partial charge in [0.05, 0.1) is 4.88 Å². The largest absolute Gasteiger partial charge is 0.322 e. The zero-order valence-corrected chi connectivity index (χ0v) is 15.6. The lowest BCUT2D eigenvalue weighted by molar-refractivity contribution is 0.101. The average molecular weight is 376 g/mol. The van der Waals surface area contributed by atoms with Crippen molar-refractivity contribution < 1.29 is 9.59 Å². The molecule has 27 heavy (non-hydrogen) atoms. The van der Waals surface area contributed by atoms with Crippen molar-refractivity contribution in [3.8, 4) is 0 Å². The number of hydrogen-bond acceptors (Lipinski definition) is 3. The van der Waals surface area contributed by atoms with Gasteiger partial charge in [-0.1, -0.05) is 24.3 Å². The third-order valence-electron chi connectivity index (χ3n) is 4.77. The highest BCUT2D eigenvalue weighted by atomic mass is 32.1. The molecule has 2 N–H and O–H groups in total. The fourth-order valence-corrected chi connectivity index (χ4v) is 4.05. The first kappa shape index (κ1) is 17.5. The van der Waals surface area contributed by atoms with E-state index in [0.717, 1.165) is 24.9 Å². The standard InChI is InChI=1S/C22H20N2O2S/c25-21(24-19-11-4-7-15-6-1-2-10-18(15)19)16-8-3-9-17(14-16)23-22(26)20-12-5-13-27-20/h3-5,7-9,11-14H,1-2,6,10H2,(H,23,26)(H,24,25). The smallest absolute Gasteiger partial charge is 0.265 e. The number of fused-ring (bicyclic) bond motifs is 1. The van der Waals surface area contributed by atoms with Crippen LogP contribution < -0.4 is 10.6 Å². The summed E-state index contributed by atoms with van der Waals surface area (Å²) < 4.78 is 0. The molecule has 0 radical (unpaired) electrons. The molecule has 4 nitrogen and oxygen atoms in total. The Bertz CT molecular complexity index is 980. The number of hydrogen-bond donors (Lipinski definition) is 2. The van der Waals surface area contributed by atoms with Crippen LogP contribution in [0.1, 0.15) is 44.0 Å². The summed E-state index contributed by atoms with van der Waals surface area (Å²) in [6.07, 6.45) is 4.44. The van der Waals surface area contributed by atoms with Crippen LogP contribution in [0.3, 0.4) is 0 Å². The fourth-order valence-electron chi connectivity index (χ4n) is 3.43. The predicted molar refractivity (Wildman–Crippen MR) is 110 cm³/mol. The first-order chi connectivity index (χ1) is 13.2. The summed E-state index contributed by atoms with van der Waals surface area (Å²) in [4.78, 5) is 25.6. The molecule has 0 saturated carbocycles. The third-order valence-corrected chi connectivity index (χ3v) is 5.64. The van der Waals surface area contributed by atoms with Crippen LogP contribution in [-0.4, -0.2) is 11.8 Å². The molecule has 0 bridgehead atoms. The van der Waals surface area contributed by atoms with Gasteiger partial charge >= 0.3 is 0 Å². The summed E-state index contributed by atoms with van der Waals surface area (Å²) in [5, 5.41) is 7.75. The van der Waals surface area contributed by atoms with E-state index in [4.69, 9.17) is 0 Å². The molecular weight excluding hydrogens is 356 g/mol. The Kier molecular flexibility index (Phi) is 5.03. The van der Waals surface area contributed by atoms with Crippen LogP contribution in [0.4, 0.5) is 11.4 Å². The predicted octanol–water partition coefficient (Wildman–Crippen LogP) is 5.13. The summed E-state index contributed by atoms with van der Waals surface area (Å²) >= 11 is 1.38. The second-order valence-electron chi connectivity index (χ2n) is 6.62. The number of thiophene rings is 1. The van der Waals surface area contributed by atoms with E-state index in [1.165, 1.54) is 28.9 Å². The molecule has 2 aromatic carbocycles.